The summed E-state index contributed by atoms with van der Waals surface area (Å²) in [7, 11) is 0. The molecule has 3 N–H and O–H groups in total. The number of aryl methyl sites for hydroxylation is 1. The molecule has 0 aliphatic rings. The van der Waals surface area contributed by atoms with E-state index in [1.165, 1.54) is 0 Å². The number of hydrogen-bond donors (Lipinski definition) is 2. The van der Waals surface area contributed by atoms with Crippen LogP contribution in [0.4, 0.5) is 0 Å². The van der Waals surface area contributed by atoms with Gasteiger partial charge in [-0.1, -0.05) is 22.0 Å². The average Bonchev–Trinajstić information content (AvgIpc) is 2.06. The maximum atomic E-state index is 7.01. The molecule has 13 heavy (non-hydrogen) atoms. The van der Waals surface area contributed by atoms with Crippen molar-refractivity contribution in [3.63, 3.8) is 0 Å². The van der Waals surface area contributed by atoms with Crippen LogP contribution in [-0.4, -0.2) is 12.4 Å². The van der Waals surface area contributed by atoms with E-state index in [1.807, 2.05) is 25.1 Å². The Kier molecular flexibility index (Phi) is 3.31. The minimum absolute atomic E-state index is 0.0272. The molecule has 1 aromatic rings. The molecule has 4 heteroatoms. The first-order valence-corrected chi connectivity index (χ1v) is 4.61. The van der Waals surface area contributed by atoms with Crippen molar-refractivity contribution >= 4 is 21.8 Å². The van der Waals surface area contributed by atoms with E-state index >= 15 is 0 Å². The van der Waals surface area contributed by atoms with Gasteiger partial charge in [-0.15, -0.1) is 0 Å². The lowest BCUT2D eigenvalue weighted by Crippen LogP contribution is -2.19. The second kappa shape index (κ2) is 4.28. The minimum Gasteiger partial charge on any atom is -0.485 e. The number of halogens is 1. The predicted octanol–water partition coefficient (Wildman–Crippen LogP) is 2.07. The summed E-state index contributed by atoms with van der Waals surface area (Å²) in [6.45, 7) is 2.08. The summed E-state index contributed by atoms with van der Waals surface area (Å²) in [5, 5.41) is 7.01. The van der Waals surface area contributed by atoms with Crippen molar-refractivity contribution in [2.75, 3.05) is 6.61 Å². The van der Waals surface area contributed by atoms with Crippen LogP contribution in [0.25, 0.3) is 0 Å². The number of benzene rings is 1. The summed E-state index contributed by atoms with van der Waals surface area (Å²) in [5.41, 5.74) is 6.21. The normalized spacial score (nSPS) is 9.69. The first kappa shape index (κ1) is 10.1. The molecule has 0 aliphatic heterocycles. The van der Waals surface area contributed by atoms with Crippen molar-refractivity contribution in [2.45, 2.75) is 6.92 Å². The lowest BCUT2D eigenvalue weighted by molar-refractivity contribution is 0.371. The maximum Gasteiger partial charge on any atom is 0.145 e. The molecular formula is C9H11BrN2O. The van der Waals surface area contributed by atoms with Gasteiger partial charge in [0.15, 0.2) is 0 Å². The molecule has 0 saturated carbocycles. The van der Waals surface area contributed by atoms with Crippen molar-refractivity contribution in [2.24, 2.45) is 5.73 Å². The van der Waals surface area contributed by atoms with Gasteiger partial charge < -0.3 is 10.5 Å². The smallest absolute Gasteiger partial charge is 0.145 e. The van der Waals surface area contributed by atoms with Crippen LogP contribution in [0.2, 0.25) is 0 Å². The Labute approximate surface area is 85.5 Å². The molecule has 0 atom stereocenters. The Balaban J connectivity index is 2.75. The summed E-state index contributed by atoms with van der Waals surface area (Å²) in [6, 6.07) is 5.74. The maximum absolute atomic E-state index is 7.01. The molecule has 3 nitrogen and oxygen atoms in total. The first-order valence-electron chi connectivity index (χ1n) is 3.81. The zero-order valence-corrected chi connectivity index (χ0v) is 8.89. The second-order valence-corrected chi connectivity index (χ2v) is 3.64. The average molecular weight is 243 g/mol. The van der Waals surface area contributed by atoms with Crippen LogP contribution in [0.5, 0.6) is 5.75 Å². The second-order valence-electron chi connectivity index (χ2n) is 2.72. The third kappa shape index (κ3) is 3.06. The van der Waals surface area contributed by atoms with E-state index < -0.39 is 0 Å². The largest absolute Gasteiger partial charge is 0.485 e. The van der Waals surface area contributed by atoms with Gasteiger partial charge in [0.05, 0.1) is 0 Å². The standard InChI is InChI=1S/C9H11BrN2O/c1-6-2-3-7(10)4-8(6)13-5-9(11)12/h2-4H,5H2,1H3,(H3,11,12). The van der Waals surface area contributed by atoms with Gasteiger partial charge >= 0.3 is 0 Å². The number of hydrogen-bond acceptors (Lipinski definition) is 2. The highest BCUT2D eigenvalue weighted by Crippen LogP contribution is 2.22. The van der Waals surface area contributed by atoms with Gasteiger partial charge in [0, 0.05) is 4.47 Å². The van der Waals surface area contributed by atoms with Gasteiger partial charge in [-0.3, -0.25) is 5.41 Å². The SMILES string of the molecule is Cc1ccc(Br)cc1OCC(=N)N. The Morgan fingerprint density at radius 1 is 1.62 bits per heavy atom. The topological polar surface area (TPSA) is 59.1 Å². The fourth-order valence-corrected chi connectivity index (χ4v) is 1.23. The monoisotopic (exact) mass is 242 g/mol. The van der Waals surface area contributed by atoms with Crippen molar-refractivity contribution in [1.29, 1.82) is 5.41 Å². The molecule has 0 spiro atoms. The number of ether oxygens (including phenoxy) is 1. The Bertz CT molecular complexity index is 325. The summed E-state index contributed by atoms with van der Waals surface area (Å²) in [4.78, 5) is 0. The number of nitrogens with two attached hydrogens (primary N) is 1. The molecule has 0 fully saturated rings. The number of rotatable bonds is 3. The summed E-state index contributed by atoms with van der Waals surface area (Å²) >= 11 is 3.34. The number of amidine groups is 1. The zero-order valence-electron chi connectivity index (χ0n) is 7.30. The predicted molar refractivity (Wildman–Crippen MR) is 56.3 cm³/mol. The molecule has 0 bridgehead atoms. The van der Waals surface area contributed by atoms with E-state index in [-0.39, 0.29) is 12.4 Å². The highest BCUT2D eigenvalue weighted by atomic mass is 79.9. The quantitative estimate of drug-likeness (QED) is 0.630. The van der Waals surface area contributed by atoms with Crippen LogP contribution in [0, 0.1) is 12.3 Å². The highest BCUT2D eigenvalue weighted by molar-refractivity contribution is 9.10. The third-order valence-corrected chi connectivity index (χ3v) is 2.03. The molecule has 1 aromatic carbocycles. The van der Waals surface area contributed by atoms with Crippen LogP contribution in [-0.2, 0) is 0 Å². The van der Waals surface area contributed by atoms with Crippen LogP contribution < -0.4 is 10.5 Å². The molecular weight excluding hydrogens is 232 g/mol. The Hall–Kier alpha value is -1.03. The van der Waals surface area contributed by atoms with Crippen LogP contribution >= 0.6 is 15.9 Å². The van der Waals surface area contributed by atoms with Gasteiger partial charge in [-0.05, 0) is 24.6 Å². The molecule has 0 aromatic heterocycles. The summed E-state index contributed by atoms with van der Waals surface area (Å²) in [6.07, 6.45) is 0. The third-order valence-electron chi connectivity index (χ3n) is 1.53. The Morgan fingerprint density at radius 2 is 2.31 bits per heavy atom. The lowest BCUT2D eigenvalue weighted by atomic mass is 10.2. The molecule has 0 aliphatic carbocycles. The van der Waals surface area contributed by atoms with Gasteiger partial charge in [0.25, 0.3) is 0 Å². The van der Waals surface area contributed by atoms with Crippen molar-refractivity contribution in [1.82, 2.24) is 0 Å². The van der Waals surface area contributed by atoms with Gasteiger partial charge in [0.2, 0.25) is 0 Å². The van der Waals surface area contributed by atoms with Gasteiger partial charge in [0.1, 0.15) is 18.2 Å². The molecule has 0 radical (unpaired) electrons. The zero-order chi connectivity index (χ0) is 9.84. The van der Waals surface area contributed by atoms with Crippen molar-refractivity contribution < 1.29 is 4.74 Å². The summed E-state index contributed by atoms with van der Waals surface area (Å²) < 4.78 is 6.25. The van der Waals surface area contributed by atoms with Crippen LogP contribution in [0.3, 0.4) is 0 Å². The molecule has 0 amide bonds. The van der Waals surface area contributed by atoms with Crippen molar-refractivity contribution in [3.05, 3.63) is 28.2 Å². The fraction of sp³-hybridized carbons (Fsp3) is 0.222. The van der Waals surface area contributed by atoms with E-state index in [1.54, 1.807) is 0 Å². The molecule has 70 valence electrons. The fourth-order valence-electron chi connectivity index (χ4n) is 0.885. The lowest BCUT2D eigenvalue weighted by Gasteiger charge is -2.07. The van der Waals surface area contributed by atoms with Gasteiger partial charge in [-0.2, -0.15) is 0 Å². The van der Waals surface area contributed by atoms with E-state index in [0.29, 0.717) is 0 Å². The van der Waals surface area contributed by atoms with E-state index in [4.69, 9.17) is 15.9 Å². The Morgan fingerprint density at radius 3 is 2.92 bits per heavy atom. The summed E-state index contributed by atoms with van der Waals surface area (Å²) in [5.74, 6) is 0.781. The first-order chi connectivity index (χ1) is 6.09. The number of nitrogens with one attached hydrogen (secondary N) is 1. The van der Waals surface area contributed by atoms with Crippen LogP contribution in [0.15, 0.2) is 22.7 Å². The van der Waals surface area contributed by atoms with E-state index in [0.717, 1.165) is 15.8 Å². The van der Waals surface area contributed by atoms with E-state index in [9.17, 15) is 0 Å². The van der Waals surface area contributed by atoms with Crippen LogP contribution in [0.1, 0.15) is 5.56 Å². The van der Waals surface area contributed by atoms with E-state index in [2.05, 4.69) is 15.9 Å². The molecule has 1 rings (SSSR count). The van der Waals surface area contributed by atoms with Gasteiger partial charge in [-0.25, -0.2) is 0 Å². The highest BCUT2D eigenvalue weighted by Gasteiger charge is 2.00. The molecule has 0 unspecified atom stereocenters. The van der Waals surface area contributed by atoms with Crippen molar-refractivity contribution in [3.8, 4) is 5.75 Å². The molecule has 0 heterocycles. The minimum atomic E-state index is 0.0272. The molecule has 0 saturated heterocycles.